The van der Waals surface area contributed by atoms with Crippen LogP contribution in [0.4, 0.5) is 23.7 Å². The molecule has 1 aliphatic heterocycles. The zero-order valence-corrected chi connectivity index (χ0v) is 11.2. The van der Waals surface area contributed by atoms with E-state index in [2.05, 4.69) is 10.6 Å². The fourth-order valence-corrected chi connectivity index (χ4v) is 1.89. The molecule has 1 saturated heterocycles. The number of hydrogen-bond donors (Lipinski definition) is 2. The van der Waals surface area contributed by atoms with Crippen molar-refractivity contribution in [3.63, 3.8) is 0 Å². The first-order valence-corrected chi connectivity index (χ1v) is 6.45. The highest BCUT2D eigenvalue weighted by molar-refractivity contribution is 5.90. The molecule has 21 heavy (non-hydrogen) atoms. The Morgan fingerprint density at radius 1 is 1.24 bits per heavy atom. The number of hydrogen-bond acceptors (Lipinski definition) is 2. The number of alkyl halides is 3. The quantitative estimate of drug-likeness (QED) is 0.878. The molecule has 1 aromatic carbocycles. The van der Waals surface area contributed by atoms with Gasteiger partial charge in [-0.3, -0.25) is 0 Å². The fraction of sp³-hybridized carbons (Fsp3) is 0.357. The van der Waals surface area contributed by atoms with Crippen molar-refractivity contribution >= 4 is 11.7 Å². The lowest BCUT2D eigenvalue weighted by atomic mass is 10.1. The predicted molar refractivity (Wildman–Crippen MR) is 71.7 cm³/mol. The number of ether oxygens (including phenoxy) is 1. The topological polar surface area (TPSA) is 50.4 Å². The number of rotatable bonds is 2. The summed E-state index contributed by atoms with van der Waals surface area (Å²) in [5.74, 6) is 0. The van der Waals surface area contributed by atoms with E-state index in [1.165, 1.54) is 12.1 Å². The highest BCUT2D eigenvalue weighted by atomic mass is 19.4. The first-order chi connectivity index (χ1) is 9.95. The molecule has 1 heterocycles. The van der Waals surface area contributed by atoms with E-state index in [0.29, 0.717) is 13.2 Å². The van der Waals surface area contributed by atoms with Crippen LogP contribution >= 0.6 is 0 Å². The molecular weight excluding hydrogens is 285 g/mol. The lowest BCUT2D eigenvalue weighted by Gasteiger charge is -2.14. The molecule has 2 N–H and O–H groups in total. The predicted octanol–water partition coefficient (Wildman–Crippen LogP) is 3.52. The van der Waals surface area contributed by atoms with Gasteiger partial charge < -0.3 is 15.4 Å². The van der Waals surface area contributed by atoms with Crippen molar-refractivity contribution in [3.8, 4) is 0 Å². The molecule has 0 spiro atoms. The molecule has 7 heteroatoms. The largest absolute Gasteiger partial charge is 0.416 e. The van der Waals surface area contributed by atoms with Crippen LogP contribution in [0.1, 0.15) is 18.4 Å². The number of carbonyl (C=O) groups excluding carboxylic acids is 1. The smallest absolute Gasteiger partial charge is 0.381 e. The number of amides is 2. The highest BCUT2D eigenvalue weighted by Crippen LogP contribution is 2.30. The molecule has 114 valence electrons. The van der Waals surface area contributed by atoms with Gasteiger partial charge in [0.15, 0.2) is 0 Å². The minimum Gasteiger partial charge on any atom is -0.381 e. The van der Waals surface area contributed by atoms with Gasteiger partial charge in [-0.1, -0.05) is 6.07 Å². The molecule has 0 bridgehead atoms. The van der Waals surface area contributed by atoms with Crippen LogP contribution in [0.2, 0.25) is 0 Å². The average Bonchev–Trinajstić information content (AvgIpc) is 2.46. The molecule has 1 aliphatic rings. The molecule has 1 fully saturated rings. The number of benzene rings is 1. The van der Waals surface area contributed by atoms with Crippen LogP contribution in [0.3, 0.4) is 0 Å². The second-order valence-corrected chi connectivity index (χ2v) is 4.59. The Morgan fingerprint density at radius 2 is 1.95 bits per heavy atom. The van der Waals surface area contributed by atoms with Crippen LogP contribution in [-0.2, 0) is 10.9 Å². The summed E-state index contributed by atoms with van der Waals surface area (Å²) in [6.45, 7) is 1.23. The van der Waals surface area contributed by atoms with Crippen LogP contribution in [0.15, 0.2) is 36.0 Å². The second kappa shape index (κ2) is 6.62. The monoisotopic (exact) mass is 300 g/mol. The van der Waals surface area contributed by atoms with Gasteiger partial charge in [-0.05, 0) is 36.6 Å². The summed E-state index contributed by atoms with van der Waals surface area (Å²) in [6, 6.07) is 3.91. The summed E-state index contributed by atoms with van der Waals surface area (Å²) in [6.07, 6.45) is -1.38. The molecule has 0 atom stereocenters. The Balaban J connectivity index is 1.93. The van der Waals surface area contributed by atoms with Crippen molar-refractivity contribution in [3.05, 3.63) is 41.6 Å². The van der Waals surface area contributed by atoms with Gasteiger partial charge in [-0.25, -0.2) is 4.79 Å². The Bertz CT molecular complexity index is 533. The van der Waals surface area contributed by atoms with E-state index in [-0.39, 0.29) is 5.69 Å². The van der Waals surface area contributed by atoms with Crippen molar-refractivity contribution < 1.29 is 22.7 Å². The van der Waals surface area contributed by atoms with E-state index in [0.717, 1.165) is 30.5 Å². The molecule has 2 amide bonds. The summed E-state index contributed by atoms with van der Waals surface area (Å²) in [5.41, 5.74) is 0.330. The van der Waals surface area contributed by atoms with Gasteiger partial charge in [0.2, 0.25) is 0 Å². The van der Waals surface area contributed by atoms with Gasteiger partial charge in [0.1, 0.15) is 0 Å². The zero-order chi connectivity index (χ0) is 15.3. The van der Waals surface area contributed by atoms with Gasteiger partial charge in [-0.2, -0.15) is 13.2 Å². The molecule has 0 aliphatic carbocycles. The first kappa shape index (κ1) is 15.4. The summed E-state index contributed by atoms with van der Waals surface area (Å²) in [5, 5.41) is 4.88. The summed E-state index contributed by atoms with van der Waals surface area (Å²) in [7, 11) is 0. The molecule has 2 rings (SSSR count). The van der Waals surface area contributed by atoms with E-state index in [4.69, 9.17) is 4.74 Å². The average molecular weight is 300 g/mol. The fourth-order valence-electron chi connectivity index (χ4n) is 1.89. The van der Waals surface area contributed by atoms with Gasteiger partial charge in [0.25, 0.3) is 0 Å². The van der Waals surface area contributed by atoms with E-state index >= 15 is 0 Å². The minimum absolute atomic E-state index is 0.0905. The highest BCUT2D eigenvalue weighted by Gasteiger charge is 2.30. The SMILES string of the molecule is O=C(NC=C1CCOCC1)Nc1cccc(C(F)(F)F)c1. The van der Waals surface area contributed by atoms with Gasteiger partial charge in [0.05, 0.1) is 18.8 Å². The number of halogens is 3. The lowest BCUT2D eigenvalue weighted by Crippen LogP contribution is -2.25. The minimum atomic E-state index is -4.43. The Labute approximate surface area is 120 Å². The summed E-state index contributed by atoms with van der Waals surface area (Å²) in [4.78, 5) is 11.6. The van der Waals surface area contributed by atoms with Crippen LogP contribution < -0.4 is 10.6 Å². The van der Waals surface area contributed by atoms with Gasteiger partial charge in [-0.15, -0.1) is 0 Å². The number of urea groups is 1. The molecule has 0 unspecified atom stereocenters. The van der Waals surface area contributed by atoms with Gasteiger partial charge >= 0.3 is 12.2 Å². The van der Waals surface area contributed by atoms with Crippen molar-refractivity contribution in [2.75, 3.05) is 18.5 Å². The van der Waals surface area contributed by atoms with Crippen LogP contribution in [0.25, 0.3) is 0 Å². The van der Waals surface area contributed by atoms with Crippen molar-refractivity contribution in [2.24, 2.45) is 0 Å². The molecule has 0 aromatic heterocycles. The Kier molecular flexibility index (Phi) is 4.85. The third-order valence-corrected chi connectivity index (χ3v) is 2.99. The van der Waals surface area contributed by atoms with Crippen LogP contribution in [-0.4, -0.2) is 19.2 Å². The third-order valence-electron chi connectivity index (χ3n) is 2.99. The second-order valence-electron chi connectivity index (χ2n) is 4.59. The number of anilines is 1. The van der Waals surface area contributed by atoms with Gasteiger partial charge in [0, 0.05) is 11.9 Å². The zero-order valence-electron chi connectivity index (χ0n) is 11.2. The molecule has 0 radical (unpaired) electrons. The number of nitrogens with one attached hydrogen (secondary N) is 2. The molecule has 4 nitrogen and oxygen atoms in total. The van der Waals surface area contributed by atoms with E-state index < -0.39 is 17.8 Å². The van der Waals surface area contributed by atoms with Crippen LogP contribution in [0, 0.1) is 0 Å². The van der Waals surface area contributed by atoms with E-state index in [9.17, 15) is 18.0 Å². The van der Waals surface area contributed by atoms with Crippen molar-refractivity contribution in [2.45, 2.75) is 19.0 Å². The first-order valence-electron chi connectivity index (χ1n) is 6.45. The summed E-state index contributed by atoms with van der Waals surface area (Å²) < 4.78 is 42.8. The Hall–Kier alpha value is -2.02. The maximum absolute atomic E-state index is 12.5. The molecule has 1 aromatic rings. The summed E-state index contributed by atoms with van der Waals surface area (Å²) >= 11 is 0. The third kappa shape index (κ3) is 4.78. The van der Waals surface area contributed by atoms with Crippen molar-refractivity contribution in [1.29, 1.82) is 0 Å². The normalized spacial score (nSPS) is 15.5. The number of carbonyl (C=O) groups is 1. The maximum Gasteiger partial charge on any atom is 0.416 e. The van der Waals surface area contributed by atoms with E-state index in [1.807, 2.05) is 0 Å². The maximum atomic E-state index is 12.5. The lowest BCUT2D eigenvalue weighted by molar-refractivity contribution is -0.137. The molecular formula is C14H15F3N2O2. The standard InChI is InChI=1S/C14H15F3N2O2/c15-14(16,17)11-2-1-3-12(8-11)19-13(20)18-9-10-4-6-21-7-5-10/h1-3,8-9H,4-7H2,(H2,18,19,20). The Morgan fingerprint density at radius 3 is 2.62 bits per heavy atom. The van der Waals surface area contributed by atoms with E-state index in [1.54, 1.807) is 6.20 Å². The molecule has 0 saturated carbocycles. The van der Waals surface area contributed by atoms with Crippen molar-refractivity contribution in [1.82, 2.24) is 5.32 Å². The van der Waals surface area contributed by atoms with Crippen LogP contribution in [0.5, 0.6) is 0 Å².